The molecule has 0 saturated carbocycles. The van der Waals surface area contributed by atoms with Gasteiger partial charge in [0.15, 0.2) is 0 Å². The molecule has 1 aromatic heterocycles. The number of sulfonamides is 1. The van der Waals surface area contributed by atoms with Crippen LogP contribution in [0.2, 0.25) is 0 Å². The number of aryl methyl sites for hydroxylation is 2. The Morgan fingerprint density at radius 1 is 1.00 bits per heavy atom. The number of carbonyl (C=O) groups excluding carboxylic acids is 1. The predicted octanol–water partition coefficient (Wildman–Crippen LogP) is 1.20. The van der Waals surface area contributed by atoms with E-state index in [0.29, 0.717) is 18.7 Å². The molecule has 1 aliphatic carbocycles. The van der Waals surface area contributed by atoms with E-state index < -0.39 is 10.0 Å². The van der Waals surface area contributed by atoms with Gasteiger partial charge in [0.25, 0.3) is 21.1 Å². The number of hydrogen-bond acceptors (Lipinski definition) is 5. The molecular weight excluding hydrogens is 378 g/mol. The number of rotatable bonds is 3. The van der Waals surface area contributed by atoms with Crippen LogP contribution in [0.4, 0.5) is 0 Å². The van der Waals surface area contributed by atoms with E-state index in [1.807, 2.05) is 18.2 Å². The normalized spacial score (nSPS) is 17.4. The molecule has 144 valence electrons. The molecule has 5 rings (SSSR count). The average molecular weight is 397 g/mol. The number of amides is 1. The van der Waals surface area contributed by atoms with Crippen molar-refractivity contribution in [3.8, 4) is 0 Å². The van der Waals surface area contributed by atoms with Gasteiger partial charge < -0.3 is 4.90 Å². The Hall–Kier alpha value is -2.78. The molecule has 8 nitrogen and oxygen atoms in total. The van der Waals surface area contributed by atoms with Crippen LogP contribution < -0.4 is 0 Å². The monoisotopic (exact) mass is 397 g/mol. The van der Waals surface area contributed by atoms with Crippen molar-refractivity contribution in [2.45, 2.75) is 18.0 Å². The van der Waals surface area contributed by atoms with E-state index in [1.165, 1.54) is 27.1 Å². The minimum absolute atomic E-state index is 0.0488. The lowest BCUT2D eigenvalue weighted by Crippen LogP contribution is -2.50. The molecule has 2 aliphatic rings. The zero-order valence-electron chi connectivity index (χ0n) is 15.1. The summed E-state index contributed by atoms with van der Waals surface area (Å²) >= 11 is 0. The lowest BCUT2D eigenvalue weighted by Gasteiger charge is -2.33. The second kappa shape index (κ2) is 6.39. The van der Waals surface area contributed by atoms with Gasteiger partial charge in [0.2, 0.25) is 0 Å². The molecule has 3 aromatic rings. The van der Waals surface area contributed by atoms with Crippen LogP contribution in [-0.4, -0.2) is 64.9 Å². The maximum Gasteiger partial charge on any atom is 0.278 e. The Kier molecular flexibility index (Phi) is 3.95. The molecule has 2 aromatic carbocycles. The summed E-state index contributed by atoms with van der Waals surface area (Å²) in [6.07, 6.45) is 3.20. The van der Waals surface area contributed by atoms with Crippen LogP contribution in [0.15, 0.2) is 41.8 Å². The number of H-pyrrole nitrogens is 1. The highest BCUT2D eigenvalue weighted by molar-refractivity contribution is 7.88. The Morgan fingerprint density at radius 2 is 1.75 bits per heavy atom. The molecule has 9 heteroatoms. The van der Waals surface area contributed by atoms with Crippen molar-refractivity contribution in [1.29, 1.82) is 0 Å². The number of aromatic amines is 1. The molecule has 0 atom stereocenters. The average Bonchev–Trinajstić information content (AvgIpc) is 3.40. The number of benzene rings is 2. The van der Waals surface area contributed by atoms with Crippen LogP contribution in [0.25, 0.3) is 10.8 Å². The van der Waals surface area contributed by atoms with Gasteiger partial charge in [-0.3, -0.25) is 4.79 Å². The first kappa shape index (κ1) is 17.3. The maximum absolute atomic E-state index is 13.2. The standard InChI is InChI=1S/C19H19N5O3S/c25-18(16-7-6-14-5-4-13-2-1-3-15(16)17(13)14)23-8-10-24(11-9-23)28(26,27)19-20-12-21-22-19/h1-3,6-7,12H,4-5,8-11H2,(H,20,21,22). The quantitative estimate of drug-likeness (QED) is 0.716. The van der Waals surface area contributed by atoms with E-state index in [-0.39, 0.29) is 24.2 Å². The largest absolute Gasteiger partial charge is 0.336 e. The van der Waals surface area contributed by atoms with E-state index in [1.54, 1.807) is 4.90 Å². The predicted molar refractivity (Wildman–Crippen MR) is 102 cm³/mol. The van der Waals surface area contributed by atoms with Crippen molar-refractivity contribution in [3.05, 3.63) is 53.3 Å². The highest BCUT2D eigenvalue weighted by Gasteiger charge is 2.32. The molecule has 0 bridgehead atoms. The molecule has 1 amide bonds. The van der Waals surface area contributed by atoms with Gasteiger partial charge in [-0.05, 0) is 40.8 Å². The van der Waals surface area contributed by atoms with E-state index in [9.17, 15) is 13.2 Å². The van der Waals surface area contributed by atoms with E-state index >= 15 is 0 Å². The number of nitrogens with one attached hydrogen (secondary N) is 1. The molecule has 1 N–H and O–H groups in total. The van der Waals surface area contributed by atoms with E-state index in [0.717, 1.165) is 18.2 Å². The fourth-order valence-corrected chi connectivity index (χ4v) is 5.41. The first-order valence-electron chi connectivity index (χ1n) is 9.24. The van der Waals surface area contributed by atoms with Crippen molar-refractivity contribution in [2.24, 2.45) is 0 Å². The second-order valence-corrected chi connectivity index (χ2v) is 8.95. The van der Waals surface area contributed by atoms with E-state index in [2.05, 4.69) is 27.3 Å². The minimum atomic E-state index is -3.70. The lowest BCUT2D eigenvalue weighted by atomic mass is 9.99. The molecule has 1 saturated heterocycles. The third-order valence-corrected chi connectivity index (χ3v) is 7.34. The lowest BCUT2D eigenvalue weighted by molar-refractivity contribution is 0.0699. The zero-order chi connectivity index (χ0) is 19.3. The molecule has 0 unspecified atom stereocenters. The molecule has 0 radical (unpaired) electrons. The fraction of sp³-hybridized carbons (Fsp3) is 0.316. The van der Waals surface area contributed by atoms with Gasteiger partial charge in [0.05, 0.1) is 0 Å². The number of piperazine rings is 1. The van der Waals surface area contributed by atoms with Gasteiger partial charge in [-0.15, -0.1) is 0 Å². The third kappa shape index (κ3) is 2.61. The van der Waals surface area contributed by atoms with Crippen molar-refractivity contribution in [2.75, 3.05) is 26.2 Å². The SMILES string of the molecule is O=C(c1ccc2c3c(cccc13)CC2)N1CCN(S(=O)(=O)c2ncn[nH]2)CC1. The van der Waals surface area contributed by atoms with Crippen LogP contribution in [0.3, 0.4) is 0 Å². The Labute approximate surface area is 162 Å². The molecule has 0 spiro atoms. The summed E-state index contributed by atoms with van der Waals surface area (Å²) in [5.74, 6) is -0.0488. The summed E-state index contributed by atoms with van der Waals surface area (Å²) in [6.45, 7) is 1.15. The van der Waals surface area contributed by atoms with E-state index in [4.69, 9.17) is 0 Å². The molecule has 2 heterocycles. The summed E-state index contributed by atoms with van der Waals surface area (Å²) in [4.78, 5) is 18.6. The van der Waals surface area contributed by atoms with Crippen molar-refractivity contribution < 1.29 is 13.2 Å². The van der Waals surface area contributed by atoms with Crippen molar-refractivity contribution in [1.82, 2.24) is 24.4 Å². The number of hydrogen-bond donors (Lipinski definition) is 1. The van der Waals surface area contributed by atoms with Gasteiger partial charge in [-0.1, -0.05) is 24.3 Å². The van der Waals surface area contributed by atoms with Gasteiger partial charge in [0.1, 0.15) is 6.33 Å². The molecular formula is C19H19N5O3S. The van der Waals surface area contributed by atoms with Crippen LogP contribution in [0.1, 0.15) is 21.5 Å². The zero-order valence-corrected chi connectivity index (χ0v) is 15.9. The third-order valence-electron chi connectivity index (χ3n) is 5.61. The second-order valence-electron chi connectivity index (χ2n) is 7.10. The highest BCUT2D eigenvalue weighted by atomic mass is 32.2. The summed E-state index contributed by atoms with van der Waals surface area (Å²) in [5, 5.41) is 8.04. The summed E-state index contributed by atoms with van der Waals surface area (Å²) in [5.41, 5.74) is 3.28. The van der Waals surface area contributed by atoms with Gasteiger partial charge in [0, 0.05) is 31.7 Å². The molecule has 28 heavy (non-hydrogen) atoms. The number of nitrogens with zero attached hydrogens (tertiary/aromatic N) is 4. The Bertz CT molecular complexity index is 1160. The summed E-state index contributed by atoms with van der Waals surface area (Å²) < 4.78 is 26.4. The minimum Gasteiger partial charge on any atom is -0.336 e. The van der Waals surface area contributed by atoms with Crippen LogP contribution in [-0.2, 0) is 22.9 Å². The first-order valence-corrected chi connectivity index (χ1v) is 10.7. The Morgan fingerprint density at radius 3 is 2.46 bits per heavy atom. The fourth-order valence-electron chi connectivity index (χ4n) is 4.18. The van der Waals surface area contributed by atoms with Crippen molar-refractivity contribution >= 4 is 26.7 Å². The molecule has 1 fully saturated rings. The van der Waals surface area contributed by atoms with Gasteiger partial charge in [-0.2, -0.15) is 9.40 Å². The summed E-state index contributed by atoms with van der Waals surface area (Å²) in [6, 6.07) is 10.1. The summed E-state index contributed by atoms with van der Waals surface area (Å²) in [7, 11) is -3.70. The van der Waals surface area contributed by atoms with Gasteiger partial charge in [-0.25, -0.2) is 18.5 Å². The van der Waals surface area contributed by atoms with Gasteiger partial charge >= 0.3 is 0 Å². The topological polar surface area (TPSA) is 99.3 Å². The van der Waals surface area contributed by atoms with Crippen molar-refractivity contribution in [3.63, 3.8) is 0 Å². The number of carbonyl (C=O) groups is 1. The smallest absolute Gasteiger partial charge is 0.278 e. The first-order chi connectivity index (χ1) is 13.6. The Balaban J connectivity index is 1.38. The maximum atomic E-state index is 13.2. The van der Waals surface area contributed by atoms with Crippen LogP contribution in [0.5, 0.6) is 0 Å². The number of aromatic nitrogens is 3. The molecule has 1 aliphatic heterocycles. The van der Waals surface area contributed by atoms with Crippen LogP contribution >= 0.6 is 0 Å². The van der Waals surface area contributed by atoms with Crippen LogP contribution in [0, 0.1) is 0 Å². The highest BCUT2D eigenvalue weighted by Crippen LogP contribution is 2.33.